The number of likely N-dealkylation sites (tertiary alicyclic amines) is 1. The Hall–Kier alpha value is -2.62. The highest BCUT2D eigenvalue weighted by atomic mass is 16.5. The summed E-state index contributed by atoms with van der Waals surface area (Å²) in [5.41, 5.74) is 2.38. The standard InChI is InChI=1S/C24H29NO3/c1-5-24(3,4)20-11-13-21(14-12-20)28-23(27)19-15-22(26)25(16-19)17(2)18-9-7-6-8-10-18/h6-14,17,19H,5,15-16H2,1-4H3/t17-,19-/m0/s1. The summed E-state index contributed by atoms with van der Waals surface area (Å²) in [5, 5.41) is 0. The maximum absolute atomic E-state index is 12.6. The Labute approximate surface area is 167 Å². The first-order valence-electron chi connectivity index (χ1n) is 9.98. The van der Waals surface area contributed by atoms with Crippen molar-refractivity contribution in [3.63, 3.8) is 0 Å². The van der Waals surface area contributed by atoms with Crippen molar-refractivity contribution < 1.29 is 14.3 Å². The zero-order chi connectivity index (χ0) is 20.3. The fourth-order valence-electron chi connectivity index (χ4n) is 3.55. The molecule has 0 radical (unpaired) electrons. The predicted molar refractivity (Wildman–Crippen MR) is 110 cm³/mol. The minimum atomic E-state index is -0.426. The van der Waals surface area contributed by atoms with Crippen molar-refractivity contribution in [3.05, 3.63) is 65.7 Å². The van der Waals surface area contributed by atoms with Crippen molar-refractivity contribution in [2.75, 3.05) is 6.54 Å². The van der Waals surface area contributed by atoms with Crippen LogP contribution in [0.1, 0.15) is 57.7 Å². The average Bonchev–Trinajstić information content (AvgIpc) is 3.10. The van der Waals surface area contributed by atoms with Gasteiger partial charge in [-0.3, -0.25) is 9.59 Å². The number of nitrogens with zero attached hydrogens (tertiary/aromatic N) is 1. The third-order valence-corrected chi connectivity index (χ3v) is 5.98. The Morgan fingerprint density at radius 2 is 1.79 bits per heavy atom. The van der Waals surface area contributed by atoms with Crippen LogP contribution in [0.5, 0.6) is 5.75 Å². The number of hydrogen-bond acceptors (Lipinski definition) is 3. The summed E-state index contributed by atoms with van der Waals surface area (Å²) in [7, 11) is 0. The van der Waals surface area contributed by atoms with Crippen LogP contribution in [0.15, 0.2) is 54.6 Å². The van der Waals surface area contributed by atoms with Crippen molar-refractivity contribution in [1.82, 2.24) is 4.90 Å². The maximum Gasteiger partial charge on any atom is 0.316 e. The van der Waals surface area contributed by atoms with Crippen LogP contribution in [0.2, 0.25) is 0 Å². The lowest BCUT2D eigenvalue weighted by atomic mass is 9.82. The van der Waals surface area contributed by atoms with Gasteiger partial charge in [-0.1, -0.05) is 63.2 Å². The molecule has 0 aliphatic carbocycles. The Morgan fingerprint density at radius 3 is 2.39 bits per heavy atom. The van der Waals surface area contributed by atoms with Crippen LogP contribution < -0.4 is 4.74 Å². The third-order valence-electron chi connectivity index (χ3n) is 5.98. The zero-order valence-corrected chi connectivity index (χ0v) is 17.1. The first-order valence-corrected chi connectivity index (χ1v) is 9.98. The van der Waals surface area contributed by atoms with E-state index in [0.717, 1.165) is 12.0 Å². The van der Waals surface area contributed by atoms with Crippen LogP contribution in [-0.2, 0) is 15.0 Å². The molecule has 0 N–H and O–H groups in total. The molecule has 1 amide bonds. The first-order chi connectivity index (χ1) is 13.3. The summed E-state index contributed by atoms with van der Waals surface area (Å²) < 4.78 is 5.56. The second-order valence-corrected chi connectivity index (χ2v) is 8.22. The minimum absolute atomic E-state index is 0.00153. The molecule has 2 aromatic rings. The van der Waals surface area contributed by atoms with Gasteiger partial charge in [-0.05, 0) is 42.0 Å². The van der Waals surface area contributed by atoms with E-state index in [9.17, 15) is 9.59 Å². The highest BCUT2D eigenvalue weighted by Gasteiger charge is 2.38. The normalized spacial score (nSPS) is 18.2. The Bertz CT molecular complexity index is 827. The van der Waals surface area contributed by atoms with E-state index in [4.69, 9.17) is 4.74 Å². The second kappa shape index (κ2) is 8.17. The van der Waals surface area contributed by atoms with Gasteiger partial charge < -0.3 is 9.64 Å². The molecular weight excluding hydrogens is 350 g/mol. The molecule has 0 aromatic heterocycles. The van der Waals surface area contributed by atoms with E-state index in [1.807, 2.05) is 61.5 Å². The maximum atomic E-state index is 12.6. The molecule has 0 unspecified atom stereocenters. The summed E-state index contributed by atoms with van der Waals surface area (Å²) in [5.74, 6) is -0.231. The monoisotopic (exact) mass is 379 g/mol. The smallest absolute Gasteiger partial charge is 0.316 e. The van der Waals surface area contributed by atoms with E-state index in [1.54, 1.807) is 4.90 Å². The lowest BCUT2D eigenvalue weighted by Crippen LogP contribution is -2.30. The zero-order valence-electron chi connectivity index (χ0n) is 17.1. The molecule has 0 bridgehead atoms. The molecule has 2 aromatic carbocycles. The number of ether oxygens (including phenoxy) is 1. The Kier molecular flexibility index (Phi) is 5.87. The van der Waals surface area contributed by atoms with E-state index >= 15 is 0 Å². The molecule has 2 atom stereocenters. The summed E-state index contributed by atoms with van der Waals surface area (Å²) in [6.07, 6.45) is 1.24. The minimum Gasteiger partial charge on any atom is -0.426 e. The molecule has 1 aliphatic heterocycles. The molecule has 4 heteroatoms. The van der Waals surface area contributed by atoms with Gasteiger partial charge in [0.25, 0.3) is 0 Å². The Balaban J connectivity index is 1.63. The summed E-state index contributed by atoms with van der Waals surface area (Å²) in [6.45, 7) is 8.94. The lowest BCUT2D eigenvalue weighted by molar-refractivity contribution is -0.139. The predicted octanol–water partition coefficient (Wildman–Crippen LogP) is 4.89. The molecule has 1 heterocycles. The van der Waals surface area contributed by atoms with Gasteiger partial charge in [0.05, 0.1) is 12.0 Å². The molecule has 0 saturated carbocycles. The van der Waals surface area contributed by atoms with Crippen LogP contribution in [0, 0.1) is 5.92 Å². The van der Waals surface area contributed by atoms with Crippen LogP contribution in [-0.4, -0.2) is 23.3 Å². The summed E-state index contributed by atoms with van der Waals surface area (Å²) >= 11 is 0. The topological polar surface area (TPSA) is 46.6 Å². The lowest BCUT2D eigenvalue weighted by Gasteiger charge is -2.25. The molecule has 1 aliphatic rings. The highest BCUT2D eigenvalue weighted by molar-refractivity contribution is 5.87. The number of carbonyl (C=O) groups is 2. The quantitative estimate of drug-likeness (QED) is 0.530. The van der Waals surface area contributed by atoms with Crippen molar-refractivity contribution in [2.45, 2.75) is 52.0 Å². The molecule has 4 nitrogen and oxygen atoms in total. The van der Waals surface area contributed by atoms with Crippen molar-refractivity contribution in [3.8, 4) is 5.75 Å². The number of benzene rings is 2. The second-order valence-electron chi connectivity index (χ2n) is 8.22. The third kappa shape index (κ3) is 4.27. The molecule has 28 heavy (non-hydrogen) atoms. The van der Waals surface area contributed by atoms with Gasteiger partial charge in [0, 0.05) is 13.0 Å². The SMILES string of the molecule is CCC(C)(C)c1ccc(OC(=O)[C@H]2CC(=O)N([C@@H](C)c3ccccc3)C2)cc1. The molecule has 1 fully saturated rings. The van der Waals surface area contributed by atoms with E-state index in [2.05, 4.69) is 20.8 Å². The van der Waals surface area contributed by atoms with Crippen LogP contribution in [0.25, 0.3) is 0 Å². The number of esters is 1. The summed E-state index contributed by atoms with van der Waals surface area (Å²) in [4.78, 5) is 26.8. The van der Waals surface area contributed by atoms with Gasteiger partial charge in [0.15, 0.2) is 0 Å². The highest BCUT2D eigenvalue weighted by Crippen LogP contribution is 2.31. The molecule has 148 valence electrons. The molecule has 1 saturated heterocycles. The molecule has 0 spiro atoms. The van der Waals surface area contributed by atoms with Crippen LogP contribution in [0.4, 0.5) is 0 Å². The van der Waals surface area contributed by atoms with Crippen molar-refractivity contribution in [1.29, 1.82) is 0 Å². The summed E-state index contributed by atoms with van der Waals surface area (Å²) in [6, 6.07) is 17.5. The Morgan fingerprint density at radius 1 is 1.14 bits per heavy atom. The molecular formula is C24H29NO3. The van der Waals surface area contributed by atoms with Gasteiger partial charge >= 0.3 is 5.97 Å². The van der Waals surface area contributed by atoms with E-state index in [1.165, 1.54) is 5.56 Å². The van der Waals surface area contributed by atoms with Gasteiger partial charge in [0.2, 0.25) is 5.91 Å². The van der Waals surface area contributed by atoms with Crippen LogP contribution in [0.3, 0.4) is 0 Å². The fraction of sp³-hybridized carbons (Fsp3) is 0.417. The van der Waals surface area contributed by atoms with Gasteiger partial charge in [-0.2, -0.15) is 0 Å². The largest absolute Gasteiger partial charge is 0.426 e. The van der Waals surface area contributed by atoms with Gasteiger partial charge in [-0.25, -0.2) is 0 Å². The van der Waals surface area contributed by atoms with E-state index in [0.29, 0.717) is 12.3 Å². The number of carbonyl (C=O) groups excluding carboxylic acids is 2. The first kappa shape index (κ1) is 20.1. The van der Waals surface area contributed by atoms with Crippen molar-refractivity contribution in [2.24, 2.45) is 5.92 Å². The van der Waals surface area contributed by atoms with Gasteiger partial charge in [0.1, 0.15) is 5.75 Å². The number of rotatable bonds is 6. The fourth-order valence-corrected chi connectivity index (χ4v) is 3.55. The van der Waals surface area contributed by atoms with E-state index in [-0.39, 0.29) is 29.8 Å². The molecule has 3 rings (SSSR count). The number of amides is 1. The van der Waals surface area contributed by atoms with Crippen LogP contribution >= 0.6 is 0 Å². The van der Waals surface area contributed by atoms with Crippen molar-refractivity contribution >= 4 is 11.9 Å². The van der Waals surface area contributed by atoms with Gasteiger partial charge in [-0.15, -0.1) is 0 Å². The number of hydrogen-bond donors (Lipinski definition) is 0. The van der Waals surface area contributed by atoms with E-state index < -0.39 is 5.92 Å². The average molecular weight is 380 g/mol.